The number of alkyl halides is 2. The van der Waals surface area contributed by atoms with Crippen molar-refractivity contribution in [2.45, 2.75) is 11.3 Å². The van der Waals surface area contributed by atoms with Crippen molar-refractivity contribution in [3.63, 3.8) is 0 Å². The van der Waals surface area contributed by atoms with E-state index in [1.54, 1.807) is 22.6 Å². The van der Waals surface area contributed by atoms with E-state index in [0.717, 1.165) is 6.20 Å². The van der Waals surface area contributed by atoms with Crippen molar-refractivity contribution in [1.29, 1.82) is 0 Å². The predicted octanol–water partition coefficient (Wildman–Crippen LogP) is 3.20. The standard InChI is InChI=1S/C6H2Cl2F2INO2S/c7-3-4(15(8,13)14)2(5(9)10)1-12-6(3)11/h1,5H. The second kappa shape index (κ2) is 4.64. The van der Waals surface area contributed by atoms with Crippen LogP contribution in [0, 0.1) is 3.70 Å². The molecule has 1 rings (SSSR count). The molecule has 84 valence electrons. The third-order valence-electron chi connectivity index (χ3n) is 1.44. The molecule has 1 heterocycles. The summed E-state index contributed by atoms with van der Waals surface area (Å²) in [4.78, 5) is 2.75. The van der Waals surface area contributed by atoms with Gasteiger partial charge >= 0.3 is 0 Å². The van der Waals surface area contributed by atoms with Crippen LogP contribution >= 0.6 is 44.9 Å². The number of aromatic nitrogens is 1. The van der Waals surface area contributed by atoms with Crippen LogP contribution in [0.4, 0.5) is 8.78 Å². The average Bonchev–Trinajstić information content (AvgIpc) is 2.06. The highest BCUT2D eigenvalue weighted by atomic mass is 127. The molecule has 0 unspecified atom stereocenters. The molecule has 1 aromatic heterocycles. The van der Waals surface area contributed by atoms with Crippen LogP contribution in [0.5, 0.6) is 0 Å². The van der Waals surface area contributed by atoms with E-state index in [1.165, 1.54) is 0 Å². The average molecular weight is 388 g/mol. The first-order valence-electron chi connectivity index (χ1n) is 3.32. The van der Waals surface area contributed by atoms with Crippen molar-refractivity contribution in [1.82, 2.24) is 4.98 Å². The quantitative estimate of drug-likeness (QED) is 0.444. The van der Waals surface area contributed by atoms with Gasteiger partial charge in [0.15, 0.2) is 0 Å². The molecule has 3 nitrogen and oxygen atoms in total. The number of hydrogen-bond donors (Lipinski definition) is 0. The second-order valence-electron chi connectivity index (χ2n) is 2.39. The smallest absolute Gasteiger partial charge is 0.248 e. The topological polar surface area (TPSA) is 47.0 Å². The molecule has 0 aliphatic rings. The van der Waals surface area contributed by atoms with E-state index < -0.39 is 25.9 Å². The lowest BCUT2D eigenvalue weighted by Gasteiger charge is -2.08. The first kappa shape index (κ1) is 13.3. The maximum Gasteiger partial charge on any atom is 0.266 e. The molecule has 0 aliphatic heterocycles. The molecule has 0 aromatic carbocycles. The summed E-state index contributed by atoms with van der Waals surface area (Å²) in [6.07, 6.45) is -2.26. The van der Waals surface area contributed by atoms with Crippen LogP contribution in [-0.2, 0) is 9.05 Å². The van der Waals surface area contributed by atoms with E-state index >= 15 is 0 Å². The van der Waals surface area contributed by atoms with Crippen LogP contribution in [0.2, 0.25) is 5.02 Å². The van der Waals surface area contributed by atoms with E-state index in [1.807, 2.05) is 0 Å². The van der Waals surface area contributed by atoms with Gasteiger partial charge in [-0.15, -0.1) is 0 Å². The van der Waals surface area contributed by atoms with Gasteiger partial charge in [-0.25, -0.2) is 22.2 Å². The van der Waals surface area contributed by atoms with E-state index in [9.17, 15) is 17.2 Å². The Kier molecular flexibility index (Phi) is 4.13. The molecule has 0 saturated carbocycles. The maximum absolute atomic E-state index is 12.4. The number of hydrogen-bond acceptors (Lipinski definition) is 3. The Labute approximate surface area is 107 Å². The molecule has 0 amide bonds. The van der Waals surface area contributed by atoms with Gasteiger partial charge in [-0.1, -0.05) is 11.6 Å². The fourth-order valence-corrected chi connectivity index (χ4v) is 3.27. The van der Waals surface area contributed by atoms with Gasteiger partial charge in [0.2, 0.25) is 0 Å². The molecule has 0 radical (unpaired) electrons. The minimum atomic E-state index is -4.32. The number of pyridine rings is 1. The fraction of sp³-hybridized carbons (Fsp3) is 0.167. The highest BCUT2D eigenvalue weighted by Crippen LogP contribution is 2.35. The van der Waals surface area contributed by atoms with Crippen molar-refractivity contribution < 1.29 is 17.2 Å². The Hall–Kier alpha value is 0.270. The summed E-state index contributed by atoms with van der Waals surface area (Å²) < 4.78 is 47.1. The SMILES string of the molecule is O=S(=O)(Cl)c1c(C(F)F)cnc(I)c1Cl. The van der Waals surface area contributed by atoms with E-state index in [-0.39, 0.29) is 8.72 Å². The molecule has 9 heteroatoms. The summed E-state index contributed by atoms with van der Waals surface area (Å²) in [6.45, 7) is 0. The van der Waals surface area contributed by atoms with Gasteiger partial charge in [-0.05, 0) is 22.6 Å². The highest BCUT2D eigenvalue weighted by Gasteiger charge is 2.27. The minimum absolute atomic E-state index is 0.0953. The van der Waals surface area contributed by atoms with Crippen LogP contribution < -0.4 is 0 Å². The first-order valence-corrected chi connectivity index (χ1v) is 7.08. The molecule has 0 N–H and O–H groups in total. The third-order valence-corrected chi connectivity index (χ3v) is 4.45. The number of nitrogens with zero attached hydrogens (tertiary/aromatic N) is 1. The molecule has 0 saturated heterocycles. The number of halogens is 5. The van der Waals surface area contributed by atoms with Crippen LogP contribution in [0.1, 0.15) is 12.0 Å². The zero-order valence-corrected chi connectivity index (χ0v) is 11.2. The fourth-order valence-electron chi connectivity index (χ4n) is 0.865. The molecule has 0 spiro atoms. The summed E-state index contributed by atoms with van der Waals surface area (Å²) in [5, 5.41) is -0.386. The lowest BCUT2D eigenvalue weighted by Crippen LogP contribution is -2.03. The van der Waals surface area contributed by atoms with Gasteiger partial charge < -0.3 is 0 Å². The Balaban J connectivity index is 3.65. The van der Waals surface area contributed by atoms with E-state index in [4.69, 9.17) is 22.3 Å². The maximum atomic E-state index is 12.4. The normalized spacial score (nSPS) is 12.1. The molecule has 0 fully saturated rings. The van der Waals surface area contributed by atoms with Crippen molar-refractivity contribution in [3.05, 3.63) is 20.5 Å². The van der Waals surface area contributed by atoms with E-state index in [2.05, 4.69) is 4.98 Å². The van der Waals surface area contributed by atoms with Crippen molar-refractivity contribution >= 4 is 53.9 Å². The lowest BCUT2D eigenvalue weighted by molar-refractivity contribution is 0.147. The molecule has 0 bridgehead atoms. The summed E-state index contributed by atoms with van der Waals surface area (Å²) in [6, 6.07) is 0. The Morgan fingerprint density at radius 1 is 1.47 bits per heavy atom. The monoisotopic (exact) mass is 387 g/mol. The van der Waals surface area contributed by atoms with Crippen LogP contribution in [0.25, 0.3) is 0 Å². The van der Waals surface area contributed by atoms with Crippen molar-refractivity contribution in [3.8, 4) is 0 Å². The first-order chi connectivity index (χ1) is 6.75. The summed E-state index contributed by atoms with van der Waals surface area (Å²) in [5.41, 5.74) is -0.796. The largest absolute Gasteiger partial charge is 0.266 e. The zero-order valence-electron chi connectivity index (χ0n) is 6.72. The molecule has 0 aliphatic carbocycles. The number of rotatable bonds is 2. The van der Waals surface area contributed by atoms with Crippen molar-refractivity contribution in [2.24, 2.45) is 0 Å². The van der Waals surface area contributed by atoms with Gasteiger partial charge in [0.05, 0.1) is 10.6 Å². The van der Waals surface area contributed by atoms with Gasteiger partial charge in [-0.2, -0.15) is 0 Å². The summed E-state index contributed by atoms with van der Waals surface area (Å²) in [7, 11) is 0.692. The molecule has 15 heavy (non-hydrogen) atoms. The Morgan fingerprint density at radius 2 is 2.00 bits per heavy atom. The van der Waals surface area contributed by atoms with Crippen LogP contribution in [0.15, 0.2) is 11.1 Å². The summed E-state index contributed by atoms with van der Waals surface area (Å²) in [5.74, 6) is 0. The highest BCUT2D eigenvalue weighted by molar-refractivity contribution is 14.1. The van der Waals surface area contributed by atoms with Crippen LogP contribution in [-0.4, -0.2) is 13.4 Å². The van der Waals surface area contributed by atoms with Crippen molar-refractivity contribution in [2.75, 3.05) is 0 Å². The van der Waals surface area contributed by atoms with Gasteiger partial charge in [-0.3, -0.25) is 0 Å². The molecule has 1 aromatic rings. The molecule has 0 atom stereocenters. The Bertz CT molecular complexity index is 494. The van der Waals surface area contributed by atoms with E-state index in [0.29, 0.717) is 0 Å². The zero-order chi connectivity index (χ0) is 11.8. The van der Waals surface area contributed by atoms with Gasteiger partial charge in [0.1, 0.15) is 8.60 Å². The third kappa shape index (κ3) is 2.89. The summed E-state index contributed by atoms with van der Waals surface area (Å²) >= 11 is 7.18. The van der Waals surface area contributed by atoms with Crippen LogP contribution in [0.3, 0.4) is 0 Å². The minimum Gasteiger partial charge on any atom is -0.248 e. The second-order valence-corrected chi connectivity index (χ2v) is 6.29. The predicted molar refractivity (Wildman–Crippen MR) is 60.0 cm³/mol. The van der Waals surface area contributed by atoms with Gasteiger partial charge in [0, 0.05) is 16.9 Å². The van der Waals surface area contributed by atoms with Gasteiger partial charge in [0.25, 0.3) is 15.5 Å². The molecular formula is C6H2Cl2F2INO2S. The Morgan fingerprint density at radius 3 is 2.40 bits per heavy atom. The lowest BCUT2D eigenvalue weighted by atomic mass is 10.3. The molecular weight excluding hydrogens is 386 g/mol.